The molecule has 0 heterocycles. The molecule has 0 bridgehead atoms. The molecule has 6 heteroatoms. The Balaban J connectivity index is 1.83. The number of hydrogen-bond donors (Lipinski definition) is 3. The second-order valence-electron chi connectivity index (χ2n) is 7.11. The van der Waals surface area contributed by atoms with Crippen molar-refractivity contribution in [1.82, 2.24) is 10.6 Å². The smallest absolute Gasteiger partial charge is 0.255 e. The van der Waals surface area contributed by atoms with E-state index in [4.69, 9.17) is 15.5 Å². The highest BCUT2D eigenvalue weighted by atomic mass is 16.5. The number of aryl methyl sites for hydroxylation is 1. The Labute approximate surface area is 173 Å². The summed E-state index contributed by atoms with van der Waals surface area (Å²) in [6.45, 7) is 8.58. The van der Waals surface area contributed by atoms with Gasteiger partial charge < -0.3 is 21.1 Å². The first-order valence-electron chi connectivity index (χ1n) is 10.1. The van der Waals surface area contributed by atoms with E-state index in [1.807, 2.05) is 24.3 Å². The number of nitrogens with zero attached hydrogens (tertiary/aromatic N) is 1. The van der Waals surface area contributed by atoms with Gasteiger partial charge in [0.05, 0.1) is 0 Å². The maximum absolute atomic E-state index is 10.8. The molecule has 1 unspecified atom stereocenters. The first kappa shape index (κ1) is 22.3. The van der Waals surface area contributed by atoms with Gasteiger partial charge >= 0.3 is 0 Å². The predicted molar refractivity (Wildman–Crippen MR) is 118 cm³/mol. The fourth-order valence-electron chi connectivity index (χ4n) is 2.88. The van der Waals surface area contributed by atoms with Gasteiger partial charge in [0.2, 0.25) is 0 Å². The van der Waals surface area contributed by atoms with Crippen LogP contribution in [0.5, 0.6) is 5.75 Å². The number of amides is 1. The lowest BCUT2D eigenvalue weighted by atomic mass is 10.00. The molecule has 0 fully saturated rings. The van der Waals surface area contributed by atoms with Crippen molar-refractivity contribution in [3.8, 4) is 5.75 Å². The van der Waals surface area contributed by atoms with Gasteiger partial charge in [-0.25, -0.2) is 0 Å². The number of aliphatic imine (C=N–C) groups is 1. The number of hydrogen-bond acceptors (Lipinski definition) is 3. The standard InChI is InChI=1S/C23H32N4O2/c1-4-25-23(27-15-18(3)20-7-5-6-17(2)14-20)26-13-12-19-8-10-21(11-9-19)29-16-22(24)28/h5-11,14,18H,4,12-13,15-16H2,1-3H3,(H2,24,28)(H2,25,26,27). The minimum Gasteiger partial charge on any atom is -0.484 e. The van der Waals surface area contributed by atoms with Crippen LogP contribution in [0.15, 0.2) is 53.5 Å². The van der Waals surface area contributed by atoms with Gasteiger partial charge in [0, 0.05) is 25.6 Å². The van der Waals surface area contributed by atoms with Crippen molar-refractivity contribution in [3.63, 3.8) is 0 Å². The van der Waals surface area contributed by atoms with Crippen molar-refractivity contribution in [2.75, 3.05) is 26.2 Å². The van der Waals surface area contributed by atoms with E-state index in [2.05, 4.69) is 55.7 Å². The molecule has 0 aliphatic heterocycles. The number of benzene rings is 2. The number of carbonyl (C=O) groups excluding carboxylic acids is 1. The van der Waals surface area contributed by atoms with Gasteiger partial charge in [0.25, 0.3) is 5.91 Å². The molecule has 0 aliphatic rings. The Morgan fingerprint density at radius 3 is 2.59 bits per heavy atom. The highest BCUT2D eigenvalue weighted by Crippen LogP contribution is 2.16. The number of rotatable bonds is 10. The first-order valence-corrected chi connectivity index (χ1v) is 10.1. The van der Waals surface area contributed by atoms with Crippen molar-refractivity contribution in [2.24, 2.45) is 10.7 Å². The van der Waals surface area contributed by atoms with Crippen molar-refractivity contribution in [3.05, 3.63) is 65.2 Å². The molecule has 2 aromatic carbocycles. The Kier molecular flexibility index (Phi) is 9.02. The van der Waals surface area contributed by atoms with E-state index in [1.54, 1.807) is 0 Å². The summed E-state index contributed by atoms with van der Waals surface area (Å²) in [5.74, 6) is 1.34. The number of nitrogens with one attached hydrogen (secondary N) is 2. The van der Waals surface area contributed by atoms with Crippen LogP contribution < -0.4 is 21.1 Å². The summed E-state index contributed by atoms with van der Waals surface area (Å²) in [5.41, 5.74) is 8.84. The zero-order valence-corrected chi connectivity index (χ0v) is 17.6. The summed E-state index contributed by atoms with van der Waals surface area (Å²) in [7, 11) is 0. The van der Waals surface area contributed by atoms with Crippen LogP contribution in [-0.2, 0) is 11.2 Å². The van der Waals surface area contributed by atoms with Crippen LogP contribution in [0.4, 0.5) is 0 Å². The van der Waals surface area contributed by atoms with Crippen molar-refractivity contribution in [2.45, 2.75) is 33.1 Å². The van der Waals surface area contributed by atoms with Gasteiger partial charge in [-0.05, 0) is 43.5 Å². The van der Waals surface area contributed by atoms with E-state index in [0.29, 0.717) is 11.7 Å². The largest absolute Gasteiger partial charge is 0.484 e. The maximum atomic E-state index is 10.8. The molecule has 6 nitrogen and oxygen atoms in total. The minimum absolute atomic E-state index is 0.107. The van der Waals surface area contributed by atoms with Gasteiger partial charge in [0.1, 0.15) is 5.75 Å². The second-order valence-corrected chi connectivity index (χ2v) is 7.11. The highest BCUT2D eigenvalue weighted by Gasteiger charge is 2.06. The molecule has 156 valence electrons. The highest BCUT2D eigenvalue weighted by molar-refractivity contribution is 5.79. The molecule has 1 atom stereocenters. The molecule has 0 saturated heterocycles. The molecule has 0 spiro atoms. The molecular weight excluding hydrogens is 364 g/mol. The normalized spacial score (nSPS) is 12.3. The van der Waals surface area contributed by atoms with Crippen LogP contribution in [0.2, 0.25) is 0 Å². The molecule has 29 heavy (non-hydrogen) atoms. The van der Waals surface area contributed by atoms with E-state index in [1.165, 1.54) is 16.7 Å². The zero-order valence-electron chi connectivity index (χ0n) is 17.6. The molecule has 0 saturated carbocycles. The number of nitrogens with two attached hydrogens (primary N) is 1. The molecular formula is C23H32N4O2. The quantitative estimate of drug-likeness (QED) is 0.426. The van der Waals surface area contributed by atoms with Crippen LogP contribution in [0.3, 0.4) is 0 Å². The zero-order chi connectivity index (χ0) is 21.1. The second kappa shape index (κ2) is 11.7. The van der Waals surface area contributed by atoms with Gasteiger partial charge in [0.15, 0.2) is 12.6 Å². The number of primary amides is 1. The fourth-order valence-corrected chi connectivity index (χ4v) is 2.88. The third kappa shape index (κ3) is 8.25. The molecule has 2 aromatic rings. The molecule has 4 N–H and O–H groups in total. The number of guanidine groups is 1. The van der Waals surface area contributed by atoms with Crippen LogP contribution in [0, 0.1) is 6.92 Å². The van der Waals surface area contributed by atoms with Gasteiger partial charge in [-0.15, -0.1) is 0 Å². The van der Waals surface area contributed by atoms with Crippen LogP contribution >= 0.6 is 0 Å². The lowest BCUT2D eigenvalue weighted by molar-refractivity contribution is -0.119. The average molecular weight is 397 g/mol. The maximum Gasteiger partial charge on any atom is 0.255 e. The van der Waals surface area contributed by atoms with Gasteiger partial charge in [-0.2, -0.15) is 0 Å². The summed E-state index contributed by atoms with van der Waals surface area (Å²) in [6, 6.07) is 16.3. The van der Waals surface area contributed by atoms with Crippen LogP contribution in [0.25, 0.3) is 0 Å². The average Bonchev–Trinajstić information content (AvgIpc) is 2.71. The van der Waals surface area contributed by atoms with E-state index < -0.39 is 5.91 Å². The van der Waals surface area contributed by atoms with Crippen molar-refractivity contribution < 1.29 is 9.53 Å². The van der Waals surface area contributed by atoms with Gasteiger partial charge in [-0.3, -0.25) is 9.79 Å². The molecule has 1 amide bonds. The SMILES string of the molecule is CCNC(=NCC(C)c1cccc(C)c1)NCCc1ccc(OCC(N)=O)cc1. The third-order valence-corrected chi connectivity index (χ3v) is 4.49. The molecule has 0 aromatic heterocycles. The van der Waals surface area contributed by atoms with E-state index in [0.717, 1.165) is 32.0 Å². The summed E-state index contributed by atoms with van der Waals surface area (Å²) in [6.07, 6.45) is 0.855. The minimum atomic E-state index is -0.481. The molecule has 2 rings (SSSR count). The van der Waals surface area contributed by atoms with Crippen LogP contribution in [-0.4, -0.2) is 38.1 Å². The Morgan fingerprint density at radius 2 is 1.93 bits per heavy atom. The monoisotopic (exact) mass is 396 g/mol. The summed E-state index contributed by atoms with van der Waals surface area (Å²) in [4.78, 5) is 15.5. The predicted octanol–water partition coefficient (Wildman–Crippen LogP) is 2.76. The van der Waals surface area contributed by atoms with E-state index in [9.17, 15) is 4.79 Å². The summed E-state index contributed by atoms with van der Waals surface area (Å²) < 4.78 is 5.28. The molecule has 0 radical (unpaired) electrons. The molecule has 0 aliphatic carbocycles. The van der Waals surface area contributed by atoms with Crippen molar-refractivity contribution in [1.29, 1.82) is 0 Å². The number of ether oxygens (including phenoxy) is 1. The lowest BCUT2D eigenvalue weighted by Gasteiger charge is -2.14. The number of carbonyl (C=O) groups is 1. The fraction of sp³-hybridized carbons (Fsp3) is 0.391. The Bertz CT molecular complexity index is 803. The van der Waals surface area contributed by atoms with Crippen LogP contribution in [0.1, 0.15) is 36.5 Å². The summed E-state index contributed by atoms with van der Waals surface area (Å²) >= 11 is 0. The first-order chi connectivity index (χ1) is 14.0. The Hall–Kier alpha value is -3.02. The van der Waals surface area contributed by atoms with E-state index in [-0.39, 0.29) is 6.61 Å². The topological polar surface area (TPSA) is 88.7 Å². The Morgan fingerprint density at radius 1 is 1.17 bits per heavy atom. The van der Waals surface area contributed by atoms with Gasteiger partial charge in [-0.1, -0.05) is 48.9 Å². The third-order valence-electron chi connectivity index (χ3n) is 4.49. The summed E-state index contributed by atoms with van der Waals surface area (Å²) in [5, 5.41) is 6.69. The van der Waals surface area contributed by atoms with Crippen molar-refractivity contribution >= 4 is 11.9 Å². The van der Waals surface area contributed by atoms with E-state index >= 15 is 0 Å². The lowest BCUT2D eigenvalue weighted by Crippen LogP contribution is -2.38.